The molecule has 4 rings (SSSR count). The van der Waals surface area contributed by atoms with E-state index in [2.05, 4.69) is 5.32 Å². The molecule has 1 aliphatic heterocycles. The van der Waals surface area contributed by atoms with Gasteiger partial charge < -0.3 is 15.0 Å². The molecule has 0 saturated carbocycles. The van der Waals surface area contributed by atoms with Gasteiger partial charge in [0, 0.05) is 31.9 Å². The van der Waals surface area contributed by atoms with E-state index in [-0.39, 0.29) is 17.9 Å². The largest absolute Gasteiger partial charge is 0.481 e. The van der Waals surface area contributed by atoms with Crippen molar-refractivity contribution in [2.75, 3.05) is 19.6 Å². The summed E-state index contributed by atoms with van der Waals surface area (Å²) in [7, 11) is 0. The van der Waals surface area contributed by atoms with E-state index in [1.807, 2.05) is 82.0 Å². The van der Waals surface area contributed by atoms with Crippen LogP contribution >= 0.6 is 0 Å². The Morgan fingerprint density at radius 1 is 1.02 bits per heavy atom. The maximum atomic E-state index is 13.9. The molecule has 0 aliphatic carbocycles. The van der Waals surface area contributed by atoms with E-state index in [1.54, 1.807) is 12.3 Å². The van der Waals surface area contributed by atoms with Crippen molar-refractivity contribution in [3.8, 4) is 11.1 Å². The summed E-state index contributed by atoms with van der Waals surface area (Å²) in [4.78, 5) is 41.0. The first kappa shape index (κ1) is 31.2. The average Bonchev–Trinajstić information content (AvgIpc) is 2.89. The summed E-state index contributed by atoms with van der Waals surface area (Å²) in [6.07, 6.45) is 1.73. The van der Waals surface area contributed by atoms with Crippen molar-refractivity contribution in [1.29, 1.82) is 0 Å². The fourth-order valence-corrected chi connectivity index (χ4v) is 5.83. The van der Waals surface area contributed by atoms with Gasteiger partial charge in [-0.15, -0.1) is 0 Å². The molecule has 1 fully saturated rings. The summed E-state index contributed by atoms with van der Waals surface area (Å²) < 4.78 is 14.8. The first-order chi connectivity index (χ1) is 19.9. The van der Waals surface area contributed by atoms with Gasteiger partial charge in [0.25, 0.3) is 5.56 Å². The monoisotopic (exact) mass is 575 g/mol. The summed E-state index contributed by atoms with van der Waals surface area (Å²) >= 11 is 0. The average molecular weight is 576 g/mol. The summed E-state index contributed by atoms with van der Waals surface area (Å²) in [6, 6.07) is 13.7. The highest BCUT2D eigenvalue weighted by Crippen LogP contribution is 2.30. The van der Waals surface area contributed by atoms with Crippen LogP contribution in [0.25, 0.3) is 11.1 Å². The smallest absolute Gasteiger partial charge is 0.305 e. The van der Waals surface area contributed by atoms with Gasteiger partial charge in [-0.2, -0.15) is 0 Å². The third-order valence-electron chi connectivity index (χ3n) is 8.09. The van der Waals surface area contributed by atoms with Crippen LogP contribution in [-0.2, 0) is 16.0 Å². The Bertz CT molecular complexity index is 1470. The van der Waals surface area contributed by atoms with E-state index in [0.29, 0.717) is 38.0 Å². The van der Waals surface area contributed by atoms with Crippen LogP contribution in [0.15, 0.2) is 59.5 Å². The van der Waals surface area contributed by atoms with Gasteiger partial charge in [0.1, 0.15) is 12.2 Å². The molecule has 0 radical (unpaired) electrons. The number of hydrogen-bond donors (Lipinski definition) is 2. The van der Waals surface area contributed by atoms with Crippen LogP contribution in [0.3, 0.4) is 0 Å². The third-order valence-corrected chi connectivity index (χ3v) is 8.09. The van der Waals surface area contributed by atoms with E-state index in [1.165, 1.54) is 4.57 Å². The van der Waals surface area contributed by atoms with Crippen molar-refractivity contribution in [2.24, 2.45) is 5.92 Å². The predicted octanol–water partition coefficient (Wildman–Crippen LogP) is 5.56. The van der Waals surface area contributed by atoms with Gasteiger partial charge in [-0.05, 0) is 84.5 Å². The fourth-order valence-electron chi connectivity index (χ4n) is 5.83. The molecule has 2 aromatic carbocycles. The number of nitrogens with one attached hydrogen (secondary N) is 1. The molecule has 2 N–H and O–H groups in total. The summed E-state index contributed by atoms with van der Waals surface area (Å²) in [6.45, 7) is 11.4. The molecule has 0 unspecified atom stereocenters. The molecule has 2 heterocycles. The van der Waals surface area contributed by atoms with Crippen molar-refractivity contribution in [3.63, 3.8) is 0 Å². The van der Waals surface area contributed by atoms with Crippen LogP contribution in [0, 0.1) is 26.7 Å². The zero-order chi connectivity index (χ0) is 30.6. The molecule has 3 aromatic rings. The van der Waals surface area contributed by atoms with Crippen LogP contribution < -0.4 is 10.9 Å². The van der Waals surface area contributed by atoms with Gasteiger partial charge >= 0.3 is 5.97 Å². The molecule has 2 atom stereocenters. The zero-order valence-corrected chi connectivity index (χ0v) is 25.2. The Morgan fingerprint density at radius 3 is 2.31 bits per heavy atom. The zero-order valence-electron chi connectivity index (χ0n) is 25.2. The van der Waals surface area contributed by atoms with E-state index >= 15 is 0 Å². The second-order valence-electron chi connectivity index (χ2n) is 12.0. The number of carboxylic acid groups (broad SMARTS) is 1. The molecule has 0 spiro atoms. The molecule has 42 heavy (non-hydrogen) atoms. The maximum absolute atomic E-state index is 13.9. The number of likely N-dealkylation sites (tertiary alicyclic amines) is 1. The van der Waals surface area contributed by atoms with E-state index in [4.69, 9.17) is 0 Å². The Labute approximate surface area is 247 Å². The second kappa shape index (κ2) is 13.5. The molecule has 0 bridgehead atoms. The van der Waals surface area contributed by atoms with Crippen molar-refractivity contribution >= 4 is 11.9 Å². The lowest BCUT2D eigenvalue weighted by Crippen LogP contribution is -2.49. The van der Waals surface area contributed by atoms with Gasteiger partial charge in [0.15, 0.2) is 0 Å². The number of aryl methyl sites for hydroxylation is 3. The topological polar surface area (TPSA) is 91.6 Å². The van der Waals surface area contributed by atoms with Gasteiger partial charge in [-0.25, -0.2) is 4.39 Å². The summed E-state index contributed by atoms with van der Waals surface area (Å²) in [5.74, 6) is -1.33. The molecular formula is C34H42FN3O4. The van der Waals surface area contributed by atoms with Crippen molar-refractivity contribution < 1.29 is 19.1 Å². The number of alkyl halides is 1. The van der Waals surface area contributed by atoms with Crippen LogP contribution in [0.5, 0.6) is 0 Å². The number of pyridine rings is 1. The number of halogens is 1. The predicted molar refractivity (Wildman–Crippen MR) is 163 cm³/mol. The van der Waals surface area contributed by atoms with Gasteiger partial charge in [-0.3, -0.25) is 19.3 Å². The minimum absolute atomic E-state index is 0.102. The van der Waals surface area contributed by atoms with E-state index < -0.39 is 30.1 Å². The number of aliphatic carboxylic acids is 1. The number of amides is 1. The number of carbonyl (C=O) groups is 2. The SMILES string of the molecule is Cc1cc(=O)n([C@@H](CC(C)C)C(=O)N[C@@H](CC(=O)O)c2cccc(-c3c(C)cccc3C)c2)cc1CCN1CC(F)C1. The Morgan fingerprint density at radius 2 is 1.69 bits per heavy atom. The number of nitrogens with zero attached hydrogens (tertiary/aromatic N) is 2. The Kier molecular flexibility index (Phi) is 9.99. The minimum atomic E-state index is -1.03. The van der Waals surface area contributed by atoms with Gasteiger partial charge in [0.2, 0.25) is 5.91 Å². The highest BCUT2D eigenvalue weighted by atomic mass is 19.1. The first-order valence-electron chi connectivity index (χ1n) is 14.7. The molecule has 224 valence electrons. The molecule has 1 aliphatic rings. The maximum Gasteiger partial charge on any atom is 0.305 e. The highest BCUT2D eigenvalue weighted by molar-refractivity contribution is 5.82. The molecular weight excluding hydrogens is 533 g/mol. The molecule has 1 saturated heterocycles. The minimum Gasteiger partial charge on any atom is -0.481 e. The molecule has 1 amide bonds. The van der Waals surface area contributed by atoms with Crippen molar-refractivity contribution in [2.45, 2.75) is 72.1 Å². The first-order valence-corrected chi connectivity index (χ1v) is 14.7. The standard InChI is InChI=1S/C34H42FN3O4/c1-21(2)14-30(38-18-27(24(5)15-31(38)39)12-13-37-19-28(35)20-37)34(42)36-29(17-32(40)41)25-10-7-11-26(16-25)33-22(3)8-6-9-23(33)4/h6-11,15-16,18,21,28-30H,12-14,17,19-20H2,1-5H3,(H,36,42)(H,40,41)/t29-,30-/m0/s1. The lowest BCUT2D eigenvalue weighted by Gasteiger charge is -2.34. The Balaban J connectivity index is 1.64. The number of hydrogen-bond acceptors (Lipinski definition) is 4. The summed E-state index contributed by atoms with van der Waals surface area (Å²) in [5.41, 5.74) is 6.42. The second-order valence-corrected chi connectivity index (χ2v) is 12.0. The number of rotatable bonds is 12. The number of carbonyl (C=O) groups excluding carboxylic acids is 1. The number of benzene rings is 2. The van der Waals surface area contributed by atoms with Crippen LogP contribution in [0.2, 0.25) is 0 Å². The lowest BCUT2D eigenvalue weighted by atomic mass is 9.92. The van der Waals surface area contributed by atoms with E-state index in [9.17, 15) is 23.9 Å². The third kappa shape index (κ3) is 7.53. The van der Waals surface area contributed by atoms with Crippen LogP contribution in [0.4, 0.5) is 4.39 Å². The fraction of sp³-hybridized carbons (Fsp3) is 0.441. The summed E-state index contributed by atoms with van der Waals surface area (Å²) in [5, 5.41) is 12.7. The number of carboxylic acids is 1. The van der Waals surface area contributed by atoms with E-state index in [0.717, 1.165) is 33.4 Å². The highest BCUT2D eigenvalue weighted by Gasteiger charge is 2.28. The van der Waals surface area contributed by atoms with Crippen molar-refractivity contribution in [1.82, 2.24) is 14.8 Å². The van der Waals surface area contributed by atoms with Crippen LogP contribution in [0.1, 0.15) is 66.6 Å². The van der Waals surface area contributed by atoms with Gasteiger partial charge in [0.05, 0.1) is 12.5 Å². The van der Waals surface area contributed by atoms with Gasteiger partial charge in [-0.1, -0.05) is 50.2 Å². The molecule has 8 heteroatoms. The normalized spacial score (nSPS) is 15.3. The Hall–Kier alpha value is -3.78. The van der Waals surface area contributed by atoms with Crippen LogP contribution in [-0.4, -0.2) is 52.3 Å². The molecule has 7 nitrogen and oxygen atoms in total. The lowest BCUT2D eigenvalue weighted by molar-refractivity contribution is -0.138. The number of aromatic nitrogens is 1. The quantitative estimate of drug-likeness (QED) is 0.295. The molecule has 1 aromatic heterocycles. The van der Waals surface area contributed by atoms with Crippen molar-refractivity contribution in [3.05, 3.63) is 92.9 Å².